The van der Waals surface area contributed by atoms with E-state index in [1.807, 2.05) is 16.6 Å². The molecule has 0 saturated carbocycles. The summed E-state index contributed by atoms with van der Waals surface area (Å²) in [4.78, 5) is 19.1. The van der Waals surface area contributed by atoms with E-state index in [0.717, 1.165) is 96.0 Å². The quantitative estimate of drug-likeness (QED) is 0.371. The molecule has 1 atom stereocenters. The molecular formula is C27H30ClN7O2. The number of fused-ring (bicyclic) bond motifs is 3. The highest BCUT2D eigenvalue weighted by atomic mass is 35.5. The number of aromatic nitrogens is 5. The maximum Gasteiger partial charge on any atom is 0.224 e. The van der Waals surface area contributed by atoms with Crippen molar-refractivity contribution in [3.05, 3.63) is 52.1 Å². The number of hydrogen-bond donors (Lipinski definition) is 0. The largest absolute Gasteiger partial charge is 0.378 e. The van der Waals surface area contributed by atoms with E-state index in [1.165, 1.54) is 0 Å². The van der Waals surface area contributed by atoms with Crippen LogP contribution in [0.15, 0.2) is 24.3 Å². The monoisotopic (exact) mass is 519 g/mol. The predicted octanol–water partition coefficient (Wildman–Crippen LogP) is 4.28. The average molecular weight is 520 g/mol. The molecule has 10 heteroatoms. The molecule has 0 amide bonds. The summed E-state index contributed by atoms with van der Waals surface area (Å²) in [6, 6.07) is 8.38. The molecule has 3 aromatic heterocycles. The molecule has 3 aliphatic heterocycles. The Morgan fingerprint density at radius 2 is 1.89 bits per heavy atom. The lowest BCUT2D eigenvalue weighted by Crippen LogP contribution is -2.39. The van der Waals surface area contributed by atoms with Crippen LogP contribution in [0.5, 0.6) is 0 Å². The number of anilines is 2. The van der Waals surface area contributed by atoms with Crippen LogP contribution in [0.3, 0.4) is 0 Å². The zero-order valence-corrected chi connectivity index (χ0v) is 21.7. The fraction of sp³-hybridized carbons (Fsp3) is 0.481. The van der Waals surface area contributed by atoms with Gasteiger partial charge in [0.05, 0.1) is 49.4 Å². The summed E-state index contributed by atoms with van der Waals surface area (Å²) in [6.07, 6.45) is 4.05. The Balaban J connectivity index is 1.37. The lowest BCUT2D eigenvalue weighted by Gasteiger charge is -2.36. The average Bonchev–Trinajstić information content (AvgIpc) is 3.35. The van der Waals surface area contributed by atoms with Crippen molar-refractivity contribution in [2.45, 2.75) is 45.3 Å². The minimum absolute atomic E-state index is 0.0787. The van der Waals surface area contributed by atoms with E-state index in [1.54, 1.807) is 0 Å². The SMILES string of the molecule is Cc1cccc2nc(Cl)nc(N3CCCCC3c3cc4nc5c(c(N6CCOCC6)n4n3)COCC5)c12. The van der Waals surface area contributed by atoms with E-state index in [4.69, 9.17) is 36.1 Å². The van der Waals surface area contributed by atoms with E-state index >= 15 is 0 Å². The van der Waals surface area contributed by atoms with Crippen molar-refractivity contribution in [2.75, 3.05) is 49.3 Å². The molecule has 1 unspecified atom stereocenters. The van der Waals surface area contributed by atoms with Crippen molar-refractivity contribution in [1.82, 2.24) is 24.6 Å². The lowest BCUT2D eigenvalue weighted by molar-refractivity contribution is 0.106. The molecule has 9 nitrogen and oxygen atoms in total. The molecule has 37 heavy (non-hydrogen) atoms. The number of ether oxygens (including phenoxy) is 2. The normalized spacial score (nSPS) is 20.5. The molecule has 192 valence electrons. The van der Waals surface area contributed by atoms with Gasteiger partial charge >= 0.3 is 0 Å². The summed E-state index contributed by atoms with van der Waals surface area (Å²) < 4.78 is 13.6. The standard InChI is InChI=1S/C27H30ClN7O2/c1-17-5-4-6-20-24(17)25(31-27(28)30-20)34-9-3-2-7-22(34)21-15-23-29-19-8-12-37-16-18(19)26(35(23)32-21)33-10-13-36-14-11-33/h4-6,15,22H,2-3,7-14,16H2,1H3. The van der Waals surface area contributed by atoms with Gasteiger partial charge in [-0.3, -0.25) is 0 Å². The first-order valence-corrected chi connectivity index (χ1v) is 13.6. The first-order valence-electron chi connectivity index (χ1n) is 13.2. The van der Waals surface area contributed by atoms with Crippen molar-refractivity contribution < 1.29 is 9.47 Å². The molecule has 0 spiro atoms. The third kappa shape index (κ3) is 4.00. The molecule has 0 aliphatic carbocycles. The topological polar surface area (TPSA) is 80.9 Å². The van der Waals surface area contributed by atoms with Gasteiger partial charge in [-0.05, 0) is 49.4 Å². The molecule has 0 N–H and O–H groups in total. The van der Waals surface area contributed by atoms with Crippen LogP contribution in [-0.4, -0.2) is 64.0 Å². The second-order valence-electron chi connectivity index (χ2n) is 10.1. The Labute approximate surface area is 220 Å². The molecule has 0 radical (unpaired) electrons. The third-order valence-corrected chi connectivity index (χ3v) is 7.99. The van der Waals surface area contributed by atoms with E-state index < -0.39 is 0 Å². The van der Waals surface area contributed by atoms with Gasteiger partial charge in [0.1, 0.15) is 11.6 Å². The number of halogens is 1. The summed E-state index contributed by atoms with van der Waals surface area (Å²) >= 11 is 6.43. The predicted molar refractivity (Wildman–Crippen MR) is 143 cm³/mol. The van der Waals surface area contributed by atoms with Crippen LogP contribution in [-0.2, 0) is 22.5 Å². The molecule has 7 rings (SSSR count). The summed E-state index contributed by atoms with van der Waals surface area (Å²) in [5, 5.41) is 6.55. The van der Waals surface area contributed by atoms with Gasteiger partial charge in [-0.25, -0.2) is 9.97 Å². The van der Waals surface area contributed by atoms with Crippen LogP contribution >= 0.6 is 11.6 Å². The smallest absolute Gasteiger partial charge is 0.224 e. The van der Waals surface area contributed by atoms with E-state index in [2.05, 4.69) is 33.8 Å². The van der Waals surface area contributed by atoms with Crippen LogP contribution in [0.2, 0.25) is 5.28 Å². The van der Waals surface area contributed by atoms with Gasteiger partial charge in [0.25, 0.3) is 0 Å². The number of rotatable bonds is 3. The highest BCUT2D eigenvalue weighted by Crippen LogP contribution is 2.39. The maximum absolute atomic E-state index is 6.43. The van der Waals surface area contributed by atoms with Crippen molar-refractivity contribution >= 4 is 39.8 Å². The van der Waals surface area contributed by atoms with Gasteiger partial charge in [-0.2, -0.15) is 14.6 Å². The van der Waals surface area contributed by atoms with Crippen LogP contribution in [0.1, 0.15) is 47.8 Å². The van der Waals surface area contributed by atoms with E-state index in [9.17, 15) is 0 Å². The van der Waals surface area contributed by atoms with Gasteiger partial charge in [-0.1, -0.05) is 12.1 Å². The summed E-state index contributed by atoms with van der Waals surface area (Å²) in [5.74, 6) is 1.99. The van der Waals surface area contributed by atoms with Crippen LogP contribution in [0.4, 0.5) is 11.6 Å². The van der Waals surface area contributed by atoms with Crippen LogP contribution < -0.4 is 9.80 Å². The van der Waals surface area contributed by atoms with E-state index in [-0.39, 0.29) is 11.3 Å². The Morgan fingerprint density at radius 3 is 2.78 bits per heavy atom. The molecule has 3 aliphatic rings. The Kier molecular flexibility index (Phi) is 5.86. The Morgan fingerprint density at radius 1 is 1.00 bits per heavy atom. The fourth-order valence-electron chi connectivity index (χ4n) is 6.05. The fourth-order valence-corrected chi connectivity index (χ4v) is 6.22. The lowest BCUT2D eigenvalue weighted by atomic mass is 9.98. The number of hydrogen-bond acceptors (Lipinski definition) is 8. The summed E-state index contributed by atoms with van der Waals surface area (Å²) in [5.41, 5.74) is 6.20. The minimum Gasteiger partial charge on any atom is -0.378 e. The van der Waals surface area contributed by atoms with Gasteiger partial charge in [0.2, 0.25) is 5.28 Å². The molecule has 0 bridgehead atoms. The second-order valence-corrected chi connectivity index (χ2v) is 10.4. The summed E-state index contributed by atoms with van der Waals surface area (Å²) in [6.45, 7) is 7.37. The number of benzene rings is 1. The van der Waals surface area contributed by atoms with Gasteiger partial charge < -0.3 is 19.3 Å². The maximum atomic E-state index is 6.43. The second kappa shape index (κ2) is 9.38. The first-order chi connectivity index (χ1) is 18.2. The Bertz CT molecular complexity index is 1480. The number of aryl methyl sites for hydroxylation is 1. The van der Waals surface area contributed by atoms with Crippen molar-refractivity contribution in [1.29, 1.82) is 0 Å². The third-order valence-electron chi connectivity index (χ3n) is 7.82. The van der Waals surface area contributed by atoms with Crippen LogP contribution in [0.25, 0.3) is 16.6 Å². The van der Waals surface area contributed by atoms with Crippen molar-refractivity contribution in [3.8, 4) is 0 Å². The highest BCUT2D eigenvalue weighted by Gasteiger charge is 2.32. The zero-order valence-electron chi connectivity index (χ0n) is 21.0. The molecule has 2 saturated heterocycles. The van der Waals surface area contributed by atoms with E-state index in [0.29, 0.717) is 26.4 Å². The molecule has 2 fully saturated rings. The summed E-state index contributed by atoms with van der Waals surface area (Å²) in [7, 11) is 0. The number of piperidine rings is 1. The van der Waals surface area contributed by atoms with Gasteiger partial charge in [0, 0.05) is 43.1 Å². The highest BCUT2D eigenvalue weighted by molar-refractivity contribution is 6.28. The van der Waals surface area contributed by atoms with Crippen molar-refractivity contribution in [2.24, 2.45) is 0 Å². The molecule has 1 aromatic carbocycles. The number of morpholine rings is 1. The molecule has 6 heterocycles. The van der Waals surface area contributed by atoms with Crippen molar-refractivity contribution in [3.63, 3.8) is 0 Å². The Hall–Kier alpha value is -3.01. The molecule has 4 aromatic rings. The molecular weight excluding hydrogens is 490 g/mol. The first kappa shape index (κ1) is 23.1. The minimum atomic E-state index is 0.0787. The van der Waals surface area contributed by atoms with Gasteiger partial charge in [-0.15, -0.1) is 0 Å². The van der Waals surface area contributed by atoms with Gasteiger partial charge in [0.15, 0.2) is 5.65 Å². The number of nitrogens with zero attached hydrogens (tertiary/aromatic N) is 7. The zero-order chi connectivity index (χ0) is 24.9. The van der Waals surface area contributed by atoms with Crippen LogP contribution in [0, 0.1) is 6.92 Å².